The first-order valence-electron chi connectivity index (χ1n) is 6.93. The molecule has 0 radical (unpaired) electrons. The van der Waals surface area contributed by atoms with Crippen molar-refractivity contribution in [3.05, 3.63) is 42.0 Å². The first kappa shape index (κ1) is 14.5. The number of para-hydroxylation sites is 1. The van der Waals surface area contributed by atoms with Gasteiger partial charge in [0.25, 0.3) is 0 Å². The molecule has 2 aromatic rings. The Kier molecular flexibility index (Phi) is 5.12. The molecule has 0 fully saturated rings. The lowest BCUT2D eigenvalue weighted by atomic mass is 10.1. The van der Waals surface area contributed by atoms with E-state index in [1.165, 1.54) is 0 Å². The number of rotatable bonds is 7. The molecule has 0 aliphatic heterocycles. The summed E-state index contributed by atoms with van der Waals surface area (Å²) in [6.45, 7) is 7.27. The summed E-state index contributed by atoms with van der Waals surface area (Å²) in [5.74, 6) is 1.49. The number of ether oxygens (including phenoxy) is 1. The van der Waals surface area contributed by atoms with Gasteiger partial charge < -0.3 is 14.6 Å². The second-order valence-electron chi connectivity index (χ2n) is 4.89. The molecule has 1 heterocycles. The van der Waals surface area contributed by atoms with E-state index >= 15 is 0 Å². The minimum absolute atomic E-state index is 0.116. The van der Waals surface area contributed by atoms with Crippen molar-refractivity contribution in [2.45, 2.75) is 33.4 Å². The minimum atomic E-state index is -0.116. The summed E-state index contributed by atoms with van der Waals surface area (Å²) in [6, 6.07) is 9.92. The second kappa shape index (κ2) is 7.05. The number of benzene rings is 1. The Morgan fingerprint density at radius 3 is 2.65 bits per heavy atom. The van der Waals surface area contributed by atoms with Crippen LogP contribution < -0.4 is 5.32 Å². The molecule has 1 unspecified atom stereocenters. The standard InChI is InChI=1S/C15H21N3O2/c1-4-19-14(11(2)3)15-17-13(20-18-15)10-16-12-8-6-5-7-9-12/h5-9,11,14,16H,4,10H2,1-3H3. The number of anilines is 1. The smallest absolute Gasteiger partial charge is 0.246 e. The fourth-order valence-electron chi connectivity index (χ4n) is 1.93. The van der Waals surface area contributed by atoms with Gasteiger partial charge in [-0.2, -0.15) is 4.98 Å². The molecule has 1 aromatic heterocycles. The number of nitrogens with zero attached hydrogens (tertiary/aromatic N) is 2. The monoisotopic (exact) mass is 275 g/mol. The van der Waals surface area contributed by atoms with Crippen molar-refractivity contribution in [3.8, 4) is 0 Å². The zero-order valence-electron chi connectivity index (χ0n) is 12.2. The van der Waals surface area contributed by atoms with E-state index in [0.29, 0.717) is 30.8 Å². The topological polar surface area (TPSA) is 60.2 Å². The summed E-state index contributed by atoms with van der Waals surface area (Å²) in [6.07, 6.45) is -0.116. The summed E-state index contributed by atoms with van der Waals surface area (Å²) >= 11 is 0. The highest BCUT2D eigenvalue weighted by Crippen LogP contribution is 2.23. The van der Waals surface area contributed by atoms with Crippen molar-refractivity contribution in [2.75, 3.05) is 11.9 Å². The van der Waals surface area contributed by atoms with Gasteiger partial charge in [0.05, 0.1) is 6.54 Å². The first-order chi connectivity index (χ1) is 9.70. The van der Waals surface area contributed by atoms with E-state index in [9.17, 15) is 0 Å². The van der Waals surface area contributed by atoms with Gasteiger partial charge in [-0.3, -0.25) is 0 Å². The van der Waals surface area contributed by atoms with Gasteiger partial charge in [0.1, 0.15) is 6.10 Å². The third-order valence-corrected chi connectivity index (χ3v) is 2.91. The largest absolute Gasteiger partial charge is 0.376 e. The molecular formula is C15H21N3O2. The highest BCUT2D eigenvalue weighted by molar-refractivity contribution is 5.42. The predicted octanol–water partition coefficient (Wildman–Crippen LogP) is 3.42. The Balaban J connectivity index is 1.98. The fourth-order valence-corrected chi connectivity index (χ4v) is 1.93. The Bertz CT molecular complexity index is 511. The summed E-state index contributed by atoms with van der Waals surface area (Å²) in [7, 11) is 0. The van der Waals surface area contributed by atoms with E-state index in [2.05, 4.69) is 29.3 Å². The molecular weight excluding hydrogens is 254 g/mol. The Hall–Kier alpha value is -1.88. The average Bonchev–Trinajstić information content (AvgIpc) is 2.92. The summed E-state index contributed by atoms with van der Waals surface area (Å²) < 4.78 is 10.9. The van der Waals surface area contributed by atoms with E-state index in [-0.39, 0.29) is 6.10 Å². The van der Waals surface area contributed by atoms with Crippen molar-refractivity contribution in [1.82, 2.24) is 10.1 Å². The van der Waals surface area contributed by atoms with E-state index < -0.39 is 0 Å². The summed E-state index contributed by atoms with van der Waals surface area (Å²) in [5.41, 5.74) is 1.03. The van der Waals surface area contributed by atoms with Crippen molar-refractivity contribution in [1.29, 1.82) is 0 Å². The van der Waals surface area contributed by atoms with Gasteiger partial charge in [-0.25, -0.2) is 0 Å². The molecule has 108 valence electrons. The van der Waals surface area contributed by atoms with E-state index in [0.717, 1.165) is 5.69 Å². The molecule has 0 saturated carbocycles. The highest BCUT2D eigenvalue weighted by Gasteiger charge is 2.21. The normalized spacial score (nSPS) is 12.6. The molecule has 20 heavy (non-hydrogen) atoms. The van der Waals surface area contributed by atoms with Crippen LogP contribution in [0.25, 0.3) is 0 Å². The lowest BCUT2D eigenvalue weighted by Gasteiger charge is -2.16. The van der Waals surface area contributed by atoms with Gasteiger partial charge in [0, 0.05) is 12.3 Å². The molecule has 1 aromatic carbocycles. The van der Waals surface area contributed by atoms with Crippen LogP contribution in [0.4, 0.5) is 5.69 Å². The molecule has 0 aliphatic carbocycles. The van der Waals surface area contributed by atoms with Gasteiger partial charge in [0.2, 0.25) is 11.7 Å². The van der Waals surface area contributed by atoms with Gasteiger partial charge in [-0.1, -0.05) is 37.2 Å². The molecule has 1 N–H and O–H groups in total. The van der Waals surface area contributed by atoms with Crippen LogP contribution in [0.2, 0.25) is 0 Å². The van der Waals surface area contributed by atoms with Gasteiger partial charge in [-0.15, -0.1) is 0 Å². The molecule has 0 spiro atoms. The molecule has 0 amide bonds. The summed E-state index contributed by atoms with van der Waals surface area (Å²) in [5, 5.41) is 7.25. The first-order valence-corrected chi connectivity index (χ1v) is 6.93. The van der Waals surface area contributed by atoms with Crippen LogP contribution in [0.15, 0.2) is 34.9 Å². The lowest BCUT2D eigenvalue weighted by molar-refractivity contribution is 0.0217. The molecule has 5 heteroatoms. The number of hydrogen-bond donors (Lipinski definition) is 1. The van der Waals surface area contributed by atoms with Crippen LogP contribution in [0.5, 0.6) is 0 Å². The van der Waals surface area contributed by atoms with Gasteiger partial charge >= 0.3 is 0 Å². The number of nitrogens with one attached hydrogen (secondary N) is 1. The lowest BCUT2D eigenvalue weighted by Crippen LogP contribution is -2.13. The van der Waals surface area contributed by atoms with Crippen LogP contribution >= 0.6 is 0 Å². The van der Waals surface area contributed by atoms with Crippen LogP contribution in [0, 0.1) is 5.92 Å². The third-order valence-electron chi connectivity index (χ3n) is 2.91. The van der Waals surface area contributed by atoms with Crippen LogP contribution in [0.3, 0.4) is 0 Å². The van der Waals surface area contributed by atoms with Crippen molar-refractivity contribution >= 4 is 5.69 Å². The minimum Gasteiger partial charge on any atom is -0.376 e. The molecule has 0 aliphatic rings. The Morgan fingerprint density at radius 1 is 1.25 bits per heavy atom. The van der Waals surface area contributed by atoms with Crippen LogP contribution in [-0.4, -0.2) is 16.7 Å². The van der Waals surface area contributed by atoms with E-state index in [4.69, 9.17) is 9.26 Å². The Labute approximate surface area is 119 Å². The maximum atomic E-state index is 5.66. The quantitative estimate of drug-likeness (QED) is 0.839. The number of hydrogen-bond acceptors (Lipinski definition) is 5. The number of aromatic nitrogens is 2. The highest BCUT2D eigenvalue weighted by atomic mass is 16.5. The van der Waals surface area contributed by atoms with Gasteiger partial charge in [-0.05, 0) is 25.0 Å². The average molecular weight is 275 g/mol. The molecule has 1 atom stereocenters. The zero-order valence-corrected chi connectivity index (χ0v) is 12.2. The predicted molar refractivity (Wildman–Crippen MR) is 77.3 cm³/mol. The second-order valence-corrected chi connectivity index (χ2v) is 4.89. The van der Waals surface area contributed by atoms with Crippen molar-refractivity contribution in [2.24, 2.45) is 5.92 Å². The van der Waals surface area contributed by atoms with E-state index in [1.54, 1.807) is 0 Å². The van der Waals surface area contributed by atoms with Crippen LogP contribution in [0.1, 0.15) is 38.6 Å². The molecule has 0 bridgehead atoms. The maximum absolute atomic E-state index is 5.66. The van der Waals surface area contributed by atoms with E-state index in [1.807, 2.05) is 37.3 Å². The maximum Gasteiger partial charge on any atom is 0.246 e. The van der Waals surface area contributed by atoms with Crippen LogP contribution in [-0.2, 0) is 11.3 Å². The fraction of sp³-hybridized carbons (Fsp3) is 0.467. The Morgan fingerprint density at radius 2 is 2.00 bits per heavy atom. The summed E-state index contributed by atoms with van der Waals surface area (Å²) in [4.78, 5) is 4.40. The zero-order chi connectivity index (χ0) is 14.4. The molecule has 2 rings (SSSR count). The third kappa shape index (κ3) is 3.81. The molecule has 0 saturated heterocycles. The van der Waals surface area contributed by atoms with Crippen molar-refractivity contribution in [3.63, 3.8) is 0 Å². The van der Waals surface area contributed by atoms with Gasteiger partial charge in [0.15, 0.2) is 0 Å². The molecule has 5 nitrogen and oxygen atoms in total. The SMILES string of the molecule is CCOC(c1noc(CNc2ccccc2)n1)C(C)C. The van der Waals surface area contributed by atoms with Crippen molar-refractivity contribution < 1.29 is 9.26 Å².